The Balaban J connectivity index is 2.23. The van der Waals surface area contributed by atoms with E-state index in [4.69, 9.17) is 11.6 Å². The van der Waals surface area contributed by atoms with Gasteiger partial charge in [-0.3, -0.25) is 0 Å². The van der Waals surface area contributed by atoms with Crippen molar-refractivity contribution in [1.29, 1.82) is 0 Å². The number of rotatable bonds is 1. The van der Waals surface area contributed by atoms with Crippen LogP contribution in [0, 0.1) is 0 Å². The molecule has 0 spiro atoms. The second-order valence-electron chi connectivity index (χ2n) is 3.61. The van der Waals surface area contributed by atoms with Crippen LogP contribution in [-0.2, 0) is 0 Å². The molecule has 0 saturated carbocycles. The van der Waals surface area contributed by atoms with E-state index in [9.17, 15) is 5.11 Å². The zero-order valence-electron chi connectivity index (χ0n) is 8.71. The van der Waals surface area contributed by atoms with Crippen molar-refractivity contribution in [2.45, 2.75) is 0 Å². The molecule has 5 heteroatoms. The first-order chi connectivity index (χ1) is 8.24. The third-order valence-electron chi connectivity index (χ3n) is 2.44. The van der Waals surface area contributed by atoms with Crippen molar-refractivity contribution in [3.8, 4) is 11.4 Å². The number of benzene rings is 2. The Kier molecular flexibility index (Phi) is 2.23. The Morgan fingerprint density at radius 1 is 1.00 bits per heavy atom. The van der Waals surface area contributed by atoms with Gasteiger partial charge >= 0.3 is 0 Å². The molecular weight excluding hydrogens is 238 g/mol. The molecule has 0 aliphatic heterocycles. The molecule has 0 atom stereocenters. The second kappa shape index (κ2) is 3.75. The van der Waals surface area contributed by atoms with Gasteiger partial charge in [-0.1, -0.05) is 23.7 Å². The summed E-state index contributed by atoms with van der Waals surface area (Å²) in [6.07, 6.45) is 0. The highest BCUT2D eigenvalue weighted by Crippen LogP contribution is 2.24. The van der Waals surface area contributed by atoms with Gasteiger partial charge in [0.15, 0.2) is 0 Å². The van der Waals surface area contributed by atoms with Gasteiger partial charge in [-0.05, 0) is 30.3 Å². The fraction of sp³-hybridized carbons (Fsp3) is 0. The summed E-state index contributed by atoms with van der Waals surface area (Å²) >= 11 is 5.89. The number of halogens is 1. The van der Waals surface area contributed by atoms with Gasteiger partial charge in [-0.25, -0.2) is 0 Å². The van der Waals surface area contributed by atoms with Gasteiger partial charge in [-0.15, -0.1) is 15.0 Å². The van der Waals surface area contributed by atoms with Crippen molar-refractivity contribution in [3.63, 3.8) is 0 Å². The van der Waals surface area contributed by atoms with E-state index in [-0.39, 0.29) is 5.75 Å². The molecular formula is C12H8ClN3O. The van der Waals surface area contributed by atoms with Crippen LogP contribution in [0.15, 0.2) is 42.5 Å². The van der Waals surface area contributed by atoms with Crippen LogP contribution in [0.3, 0.4) is 0 Å². The van der Waals surface area contributed by atoms with E-state index in [1.807, 2.05) is 24.3 Å². The lowest BCUT2D eigenvalue weighted by Gasteiger charge is -2.02. The van der Waals surface area contributed by atoms with Crippen LogP contribution in [-0.4, -0.2) is 20.1 Å². The number of phenols is 1. The van der Waals surface area contributed by atoms with E-state index in [1.165, 1.54) is 10.9 Å². The van der Waals surface area contributed by atoms with Crippen LogP contribution >= 0.6 is 11.6 Å². The molecule has 1 heterocycles. The summed E-state index contributed by atoms with van der Waals surface area (Å²) in [5, 5.41) is 18.8. The summed E-state index contributed by atoms with van der Waals surface area (Å²) in [4.78, 5) is 1.38. The Morgan fingerprint density at radius 3 is 2.29 bits per heavy atom. The monoisotopic (exact) mass is 245 g/mol. The summed E-state index contributed by atoms with van der Waals surface area (Å²) in [6.45, 7) is 0. The fourth-order valence-corrected chi connectivity index (χ4v) is 1.79. The normalized spacial score (nSPS) is 10.9. The van der Waals surface area contributed by atoms with Crippen molar-refractivity contribution in [1.82, 2.24) is 15.0 Å². The van der Waals surface area contributed by atoms with Crippen LogP contribution in [0.25, 0.3) is 16.7 Å². The summed E-state index contributed by atoms with van der Waals surface area (Å²) in [7, 11) is 0. The van der Waals surface area contributed by atoms with Crippen LogP contribution in [0.5, 0.6) is 5.75 Å². The first kappa shape index (κ1) is 10.1. The van der Waals surface area contributed by atoms with E-state index in [1.54, 1.807) is 12.1 Å². The number of fused-ring (bicyclic) bond motifs is 1. The number of hydrogen-bond acceptors (Lipinski definition) is 3. The molecule has 0 bridgehead atoms. The Morgan fingerprint density at radius 2 is 1.65 bits per heavy atom. The van der Waals surface area contributed by atoms with Gasteiger partial charge in [0.25, 0.3) is 0 Å². The van der Waals surface area contributed by atoms with Crippen LogP contribution in [0.4, 0.5) is 0 Å². The van der Waals surface area contributed by atoms with Crippen LogP contribution in [0.1, 0.15) is 0 Å². The SMILES string of the molecule is Oc1ccc(Cl)cc1-n1nc2ccccc2n1. The van der Waals surface area contributed by atoms with Crippen LogP contribution in [0.2, 0.25) is 5.02 Å². The summed E-state index contributed by atoms with van der Waals surface area (Å²) in [5.41, 5.74) is 2.01. The van der Waals surface area contributed by atoms with Crippen molar-refractivity contribution >= 4 is 22.6 Å². The Hall–Kier alpha value is -2.07. The zero-order valence-corrected chi connectivity index (χ0v) is 9.46. The maximum absolute atomic E-state index is 9.75. The molecule has 84 valence electrons. The molecule has 0 aliphatic carbocycles. The molecule has 0 unspecified atom stereocenters. The van der Waals surface area contributed by atoms with Gasteiger partial charge in [0, 0.05) is 5.02 Å². The summed E-state index contributed by atoms with van der Waals surface area (Å²) < 4.78 is 0. The van der Waals surface area contributed by atoms with E-state index in [0.29, 0.717) is 10.7 Å². The van der Waals surface area contributed by atoms with Crippen LogP contribution < -0.4 is 0 Å². The smallest absolute Gasteiger partial charge is 0.143 e. The van der Waals surface area contributed by atoms with Gasteiger partial charge < -0.3 is 5.11 Å². The maximum Gasteiger partial charge on any atom is 0.143 e. The van der Waals surface area contributed by atoms with E-state index in [2.05, 4.69) is 10.2 Å². The lowest BCUT2D eigenvalue weighted by molar-refractivity contribution is 0.468. The third kappa shape index (κ3) is 1.72. The zero-order chi connectivity index (χ0) is 11.8. The average molecular weight is 246 g/mol. The first-order valence-electron chi connectivity index (χ1n) is 5.05. The van der Waals surface area contributed by atoms with Gasteiger partial charge in [-0.2, -0.15) is 0 Å². The predicted octanol–water partition coefficient (Wildman–Crippen LogP) is 2.78. The van der Waals surface area contributed by atoms with E-state index in [0.717, 1.165) is 11.0 Å². The maximum atomic E-state index is 9.75. The largest absolute Gasteiger partial charge is 0.506 e. The van der Waals surface area contributed by atoms with Crippen molar-refractivity contribution in [3.05, 3.63) is 47.5 Å². The summed E-state index contributed by atoms with van der Waals surface area (Å²) in [6, 6.07) is 12.3. The fourth-order valence-electron chi connectivity index (χ4n) is 1.62. The molecule has 0 fully saturated rings. The number of aromatic nitrogens is 3. The quantitative estimate of drug-likeness (QED) is 0.717. The minimum absolute atomic E-state index is 0.0923. The number of nitrogens with zero attached hydrogens (tertiary/aromatic N) is 3. The topological polar surface area (TPSA) is 50.9 Å². The highest BCUT2D eigenvalue weighted by atomic mass is 35.5. The molecule has 17 heavy (non-hydrogen) atoms. The molecule has 2 aromatic carbocycles. The van der Waals surface area contributed by atoms with Gasteiger partial charge in [0.1, 0.15) is 22.5 Å². The average Bonchev–Trinajstić information content (AvgIpc) is 2.75. The lowest BCUT2D eigenvalue weighted by Crippen LogP contribution is -1.98. The number of hydrogen-bond donors (Lipinski definition) is 1. The minimum Gasteiger partial charge on any atom is -0.506 e. The van der Waals surface area contributed by atoms with Gasteiger partial charge in [0.05, 0.1) is 0 Å². The van der Waals surface area contributed by atoms with E-state index < -0.39 is 0 Å². The Bertz CT molecular complexity index is 660. The molecule has 0 saturated heterocycles. The third-order valence-corrected chi connectivity index (χ3v) is 2.67. The Labute approximate surface area is 102 Å². The molecule has 0 radical (unpaired) electrons. The highest BCUT2D eigenvalue weighted by molar-refractivity contribution is 6.30. The number of aromatic hydroxyl groups is 1. The highest BCUT2D eigenvalue weighted by Gasteiger charge is 2.08. The number of phenolic OH excluding ortho intramolecular Hbond substituents is 1. The molecule has 0 amide bonds. The van der Waals surface area contributed by atoms with E-state index >= 15 is 0 Å². The second-order valence-corrected chi connectivity index (χ2v) is 4.05. The molecule has 4 nitrogen and oxygen atoms in total. The molecule has 3 aromatic rings. The predicted molar refractivity (Wildman–Crippen MR) is 65.5 cm³/mol. The lowest BCUT2D eigenvalue weighted by atomic mass is 10.3. The minimum atomic E-state index is 0.0923. The van der Waals surface area contributed by atoms with Crippen molar-refractivity contribution in [2.75, 3.05) is 0 Å². The first-order valence-corrected chi connectivity index (χ1v) is 5.43. The molecule has 1 N–H and O–H groups in total. The van der Waals surface area contributed by atoms with Crippen molar-refractivity contribution < 1.29 is 5.11 Å². The van der Waals surface area contributed by atoms with Crippen molar-refractivity contribution in [2.24, 2.45) is 0 Å². The molecule has 1 aromatic heterocycles. The molecule has 0 aliphatic rings. The molecule has 3 rings (SSSR count). The standard InChI is InChI=1S/C12H8ClN3O/c13-8-5-6-12(17)11(7-8)16-14-9-3-1-2-4-10(9)15-16/h1-7,17H. The summed E-state index contributed by atoms with van der Waals surface area (Å²) in [5.74, 6) is 0.0923. The van der Waals surface area contributed by atoms with Gasteiger partial charge in [0.2, 0.25) is 0 Å².